The first-order valence-corrected chi connectivity index (χ1v) is 8.63. The van der Waals surface area contributed by atoms with E-state index < -0.39 is 5.97 Å². The van der Waals surface area contributed by atoms with Crippen LogP contribution >= 0.6 is 22.7 Å². The van der Waals surface area contributed by atoms with E-state index in [2.05, 4.69) is 10.5 Å². The molecule has 3 rings (SSSR count). The van der Waals surface area contributed by atoms with E-state index in [-0.39, 0.29) is 6.42 Å². The third-order valence-corrected chi connectivity index (χ3v) is 5.26. The Bertz CT molecular complexity index is 920. The summed E-state index contributed by atoms with van der Waals surface area (Å²) in [5.41, 5.74) is 4.76. The van der Waals surface area contributed by atoms with Crippen molar-refractivity contribution in [2.75, 3.05) is 0 Å². The van der Waals surface area contributed by atoms with Gasteiger partial charge in [0.1, 0.15) is 0 Å². The summed E-state index contributed by atoms with van der Waals surface area (Å²) in [7, 11) is 1.95. The first-order valence-electron chi connectivity index (χ1n) is 6.93. The molecule has 0 saturated heterocycles. The van der Waals surface area contributed by atoms with Crippen molar-refractivity contribution in [3.63, 3.8) is 0 Å². The van der Waals surface area contributed by atoms with E-state index in [1.54, 1.807) is 17.4 Å². The second-order valence-electron chi connectivity index (χ2n) is 4.81. The van der Waals surface area contributed by atoms with Crippen LogP contribution in [-0.4, -0.2) is 10.5 Å². The Labute approximate surface area is 140 Å². The normalized spacial score (nSPS) is 12.7. The molecule has 0 amide bonds. The highest BCUT2D eigenvalue weighted by atomic mass is 32.1. The number of hydrogen-bond donors (Lipinski definition) is 1. The zero-order valence-electron chi connectivity index (χ0n) is 12.4. The van der Waals surface area contributed by atoms with Crippen molar-refractivity contribution in [3.05, 3.63) is 57.5 Å². The van der Waals surface area contributed by atoms with Gasteiger partial charge in [0.2, 0.25) is 4.80 Å². The smallest absolute Gasteiger partial charge is 0.208 e. The maximum Gasteiger partial charge on any atom is 0.208 e. The molecular weight excluding hydrogens is 330 g/mol. The van der Waals surface area contributed by atoms with Crippen molar-refractivity contribution in [3.8, 4) is 0 Å². The number of aliphatic carboxylic acids is 1. The molecule has 118 valence electrons. The number of aromatic nitrogens is 1. The lowest BCUT2D eigenvalue weighted by Gasteiger charge is -2.05. The van der Waals surface area contributed by atoms with Crippen LogP contribution in [0.5, 0.6) is 0 Å². The van der Waals surface area contributed by atoms with Gasteiger partial charge in [-0.25, -0.2) is 0 Å². The minimum Gasteiger partial charge on any atom is -0.550 e. The van der Waals surface area contributed by atoms with E-state index >= 15 is 0 Å². The number of carboxylic acid groups (broad SMARTS) is 1. The van der Waals surface area contributed by atoms with Gasteiger partial charge in [-0.15, -0.1) is 16.4 Å². The number of nitrogens with zero attached hydrogens (tertiary/aromatic N) is 2. The van der Waals surface area contributed by atoms with E-state index in [0.29, 0.717) is 5.70 Å². The molecule has 23 heavy (non-hydrogen) atoms. The fourth-order valence-corrected chi connectivity index (χ4v) is 3.81. The zero-order valence-corrected chi connectivity index (χ0v) is 14.0. The third-order valence-electron chi connectivity index (χ3n) is 3.25. The number of aryl methyl sites for hydroxylation is 1. The largest absolute Gasteiger partial charge is 0.550 e. The quantitative estimate of drug-likeness (QED) is 0.719. The van der Waals surface area contributed by atoms with Crippen LogP contribution in [0.1, 0.15) is 11.3 Å². The van der Waals surface area contributed by atoms with Crippen LogP contribution < -0.4 is 15.3 Å². The molecule has 1 aromatic carbocycles. The Morgan fingerprint density at radius 1 is 1.35 bits per heavy atom. The number of fused-ring (bicyclic) bond motifs is 1. The molecule has 0 atom stereocenters. The van der Waals surface area contributed by atoms with Crippen LogP contribution in [0.15, 0.2) is 53.0 Å². The second kappa shape index (κ2) is 6.80. The molecular formula is C16H14N3O2S2-. The number of carbonyl (C=O) groups excluding carboxylic acids is 1. The number of benzene rings is 1. The minimum absolute atomic E-state index is 0.158. The van der Waals surface area contributed by atoms with E-state index in [1.165, 1.54) is 11.3 Å². The van der Waals surface area contributed by atoms with Crippen LogP contribution in [0.3, 0.4) is 0 Å². The van der Waals surface area contributed by atoms with Crippen LogP contribution in [-0.2, 0) is 11.8 Å². The fourth-order valence-electron chi connectivity index (χ4n) is 2.11. The van der Waals surface area contributed by atoms with Crippen LogP contribution in [0, 0.1) is 0 Å². The van der Waals surface area contributed by atoms with Crippen molar-refractivity contribution >= 4 is 44.6 Å². The highest BCUT2D eigenvalue weighted by Gasteiger charge is 2.04. The molecule has 0 aliphatic heterocycles. The van der Waals surface area contributed by atoms with Crippen LogP contribution in [0.25, 0.3) is 15.9 Å². The lowest BCUT2D eigenvalue weighted by molar-refractivity contribution is -0.304. The van der Waals surface area contributed by atoms with E-state index in [1.807, 2.05) is 53.4 Å². The number of carbonyl (C=O) groups is 1. The molecule has 2 aromatic heterocycles. The van der Waals surface area contributed by atoms with Gasteiger partial charge in [0, 0.05) is 19.4 Å². The predicted molar refractivity (Wildman–Crippen MR) is 91.4 cm³/mol. The van der Waals surface area contributed by atoms with Crippen molar-refractivity contribution < 1.29 is 9.90 Å². The highest BCUT2D eigenvalue weighted by Crippen LogP contribution is 2.19. The number of thiazole rings is 1. The topological polar surface area (TPSA) is 69.5 Å². The molecule has 5 nitrogen and oxygen atoms in total. The number of para-hydroxylation sites is 1. The number of nitrogens with one attached hydrogen (secondary N) is 1. The number of rotatable bonds is 5. The monoisotopic (exact) mass is 344 g/mol. The van der Waals surface area contributed by atoms with Crippen molar-refractivity contribution in [2.24, 2.45) is 12.1 Å². The van der Waals surface area contributed by atoms with Gasteiger partial charge in [-0.3, -0.25) is 5.43 Å². The van der Waals surface area contributed by atoms with Crippen molar-refractivity contribution in [1.29, 1.82) is 0 Å². The van der Waals surface area contributed by atoms with E-state index in [9.17, 15) is 9.90 Å². The zero-order chi connectivity index (χ0) is 16.2. The molecule has 2 heterocycles. The summed E-state index contributed by atoms with van der Waals surface area (Å²) >= 11 is 3.09. The van der Waals surface area contributed by atoms with Gasteiger partial charge in [-0.05, 0) is 23.6 Å². The molecule has 0 aliphatic rings. The Balaban J connectivity index is 1.95. The minimum atomic E-state index is -1.12. The SMILES string of the molecule is Cn1/c(=N/NC(=CCC(=O)[O-])c2cccs2)sc2ccccc21. The van der Waals surface area contributed by atoms with Crippen LogP contribution in [0.2, 0.25) is 0 Å². The van der Waals surface area contributed by atoms with Gasteiger partial charge in [0.05, 0.1) is 20.8 Å². The van der Waals surface area contributed by atoms with Gasteiger partial charge in [0.25, 0.3) is 0 Å². The summed E-state index contributed by atoms with van der Waals surface area (Å²) in [5, 5.41) is 17.1. The first-order chi connectivity index (χ1) is 11.1. The maximum absolute atomic E-state index is 10.7. The average molecular weight is 344 g/mol. The molecule has 0 fully saturated rings. The summed E-state index contributed by atoms with van der Waals surface area (Å²) in [5.74, 6) is -1.12. The van der Waals surface area contributed by atoms with Crippen molar-refractivity contribution in [1.82, 2.24) is 9.99 Å². The maximum atomic E-state index is 10.7. The summed E-state index contributed by atoms with van der Waals surface area (Å²) < 4.78 is 3.14. The Hall–Kier alpha value is -2.38. The Kier molecular flexibility index (Phi) is 4.59. The van der Waals surface area contributed by atoms with E-state index in [4.69, 9.17) is 0 Å². The van der Waals surface area contributed by atoms with Gasteiger partial charge < -0.3 is 14.5 Å². The number of hydrogen-bond acceptors (Lipinski definition) is 6. The molecule has 0 saturated carbocycles. The fraction of sp³-hybridized carbons (Fsp3) is 0.125. The summed E-state index contributed by atoms with van der Waals surface area (Å²) in [6, 6.07) is 11.9. The molecule has 0 unspecified atom stereocenters. The first kappa shape index (κ1) is 15.5. The Morgan fingerprint density at radius 2 is 2.17 bits per heavy atom. The lowest BCUT2D eigenvalue weighted by Crippen LogP contribution is -2.21. The summed E-state index contributed by atoms with van der Waals surface area (Å²) in [6.45, 7) is 0. The highest BCUT2D eigenvalue weighted by molar-refractivity contribution is 7.16. The Morgan fingerprint density at radius 3 is 2.87 bits per heavy atom. The van der Waals surface area contributed by atoms with Crippen molar-refractivity contribution in [2.45, 2.75) is 6.42 Å². The number of thiophene rings is 1. The average Bonchev–Trinajstić information content (AvgIpc) is 3.17. The molecule has 0 radical (unpaired) electrons. The number of carboxylic acids is 1. The second-order valence-corrected chi connectivity index (χ2v) is 6.76. The van der Waals surface area contributed by atoms with E-state index in [0.717, 1.165) is 19.9 Å². The molecule has 0 bridgehead atoms. The summed E-state index contributed by atoms with van der Waals surface area (Å²) in [4.78, 5) is 12.4. The molecule has 7 heteroatoms. The van der Waals surface area contributed by atoms with Gasteiger partial charge >= 0.3 is 0 Å². The molecule has 0 spiro atoms. The van der Waals surface area contributed by atoms with Gasteiger partial charge in [-0.2, -0.15) is 0 Å². The van der Waals surface area contributed by atoms with Crippen LogP contribution in [0.4, 0.5) is 0 Å². The molecule has 3 aromatic rings. The summed E-state index contributed by atoms with van der Waals surface area (Å²) in [6.07, 6.45) is 1.42. The third kappa shape index (κ3) is 3.52. The molecule has 0 aliphatic carbocycles. The lowest BCUT2D eigenvalue weighted by atomic mass is 10.3. The predicted octanol–water partition coefficient (Wildman–Crippen LogP) is 1.89. The molecule has 1 N–H and O–H groups in total. The standard InChI is InChI=1S/C16H15N3O2S2/c1-19-12-5-2-3-6-14(12)23-16(19)18-17-11(8-9-15(20)21)13-7-4-10-22-13/h2-8,10,17H,9H2,1H3,(H,20,21)/p-1/b11-8?,18-16-. The van der Waals surface area contributed by atoms with Gasteiger partial charge in [0.15, 0.2) is 0 Å². The van der Waals surface area contributed by atoms with Gasteiger partial charge in [-0.1, -0.05) is 35.6 Å².